The second-order valence-electron chi connectivity index (χ2n) is 7.61. The molecule has 6 heteroatoms. The number of fused-ring (bicyclic) bond motifs is 1. The van der Waals surface area contributed by atoms with Crippen LogP contribution in [-0.4, -0.2) is 22.6 Å². The number of carbonyl (C=O) groups is 1. The smallest absolute Gasteiger partial charge is 0.325 e. The van der Waals surface area contributed by atoms with Gasteiger partial charge in [-0.05, 0) is 28.7 Å². The number of esters is 1. The average Bonchev–Trinajstić information content (AvgIpc) is 2.68. The second-order valence-corrected chi connectivity index (χ2v) is 8.56. The standard InChI is InChI=1S/C22H24N2O3S/c1-22(2,3)16-11-9-15(10-12-16)14-28-21-23-18-8-6-5-7-17(18)20(26)24(21)13-19(25)27-4/h5-12H,13-14H2,1-4H3. The van der Waals surface area contributed by atoms with Gasteiger partial charge in [-0.15, -0.1) is 0 Å². The second kappa shape index (κ2) is 8.19. The van der Waals surface area contributed by atoms with Crippen molar-refractivity contribution >= 4 is 28.6 Å². The van der Waals surface area contributed by atoms with Crippen LogP contribution in [0.2, 0.25) is 0 Å². The van der Waals surface area contributed by atoms with Gasteiger partial charge in [-0.2, -0.15) is 0 Å². The van der Waals surface area contributed by atoms with Crippen molar-refractivity contribution in [2.75, 3.05) is 7.11 Å². The Morgan fingerprint density at radius 2 is 1.79 bits per heavy atom. The molecule has 0 unspecified atom stereocenters. The first-order valence-electron chi connectivity index (χ1n) is 9.08. The van der Waals surface area contributed by atoms with E-state index >= 15 is 0 Å². The topological polar surface area (TPSA) is 61.2 Å². The van der Waals surface area contributed by atoms with E-state index in [-0.39, 0.29) is 17.5 Å². The molecule has 0 N–H and O–H groups in total. The van der Waals surface area contributed by atoms with Crippen molar-refractivity contribution in [2.24, 2.45) is 0 Å². The zero-order valence-electron chi connectivity index (χ0n) is 16.6. The number of hydrogen-bond donors (Lipinski definition) is 0. The Hall–Kier alpha value is -2.60. The molecule has 0 spiro atoms. The molecule has 2 aromatic carbocycles. The van der Waals surface area contributed by atoms with Gasteiger partial charge in [0.05, 0.1) is 18.0 Å². The highest BCUT2D eigenvalue weighted by molar-refractivity contribution is 7.98. The molecular formula is C22H24N2O3S. The summed E-state index contributed by atoms with van der Waals surface area (Å²) in [4.78, 5) is 29.3. The molecule has 0 aliphatic carbocycles. The van der Waals surface area contributed by atoms with Gasteiger partial charge < -0.3 is 4.74 Å². The predicted octanol–water partition coefficient (Wildman–Crippen LogP) is 4.16. The first-order chi connectivity index (χ1) is 13.3. The summed E-state index contributed by atoms with van der Waals surface area (Å²) in [6, 6.07) is 15.6. The Morgan fingerprint density at radius 1 is 1.11 bits per heavy atom. The molecule has 0 saturated carbocycles. The van der Waals surface area contributed by atoms with Gasteiger partial charge in [-0.25, -0.2) is 4.98 Å². The van der Waals surface area contributed by atoms with E-state index in [1.54, 1.807) is 18.2 Å². The van der Waals surface area contributed by atoms with Crippen molar-refractivity contribution in [2.45, 2.75) is 43.6 Å². The number of methoxy groups -OCH3 is 1. The highest BCUT2D eigenvalue weighted by atomic mass is 32.2. The van der Waals surface area contributed by atoms with Crippen LogP contribution < -0.4 is 5.56 Å². The van der Waals surface area contributed by atoms with Crippen LogP contribution in [-0.2, 0) is 27.2 Å². The monoisotopic (exact) mass is 396 g/mol. The van der Waals surface area contributed by atoms with Crippen LogP contribution in [0.25, 0.3) is 10.9 Å². The number of thioether (sulfide) groups is 1. The van der Waals surface area contributed by atoms with Gasteiger partial charge in [-0.3, -0.25) is 14.2 Å². The van der Waals surface area contributed by atoms with E-state index in [1.807, 2.05) is 6.07 Å². The SMILES string of the molecule is COC(=O)Cn1c(SCc2ccc(C(C)(C)C)cc2)nc2ccccc2c1=O. The normalized spacial score (nSPS) is 11.6. The van der Waals surface area contributed by atoms with Crippen LogP contribution in [0.4, 0.5) is 0 Å². The molecule has 0 aliphatic rings. The molecule has 0 atom stereocenters. The lowest BCUT2D eigenvalue weighted by atomic mass is 9.87. The van der Waals surface area contributed by atoms with E-state index in [0.717, 1.165) is 5.56 Å². The third kappa shape index (κ3) is 4.44. The molecule has 0 fully saturated rings. The van der Waals surface area contributed by atoms with Crippen molar-refractivity contribution in [1.29, 1.82) is 0 Å². The Morgan fingerprint density at radius 3 is 2.43 bits per heavy atom. The number of para-hydroxylation sites is 1. The van der Waals surface area contributed by atoms with Crippen LogP contribution >= 0.6 is 11.8 Å². The van der Waals surface area contributed by atoms with Gasteiger partial charge in [0, 0.05) is 5.75 Å². The summed E-state index contributed by atoms with van der Waals surface area (Å²) >= 11 is 1.44. The number of rotatable bonds is 5. The summed E-state index contributed by atoms with van der Waals surface area (Å²) in [5.74, 6) is 0.173. The summed E-state index contributed by atoms with van der Waals surface area (Å²) in [6.07, 6.45) is 0. The number of benzene rings is 2. The fourth-order valence-corrected chi connectivity index (χ4v) is 3.79. The van der Waals surface area contributed by atoms with Crippen LogP contribution in [0.1, 0.15) is 31.9 Å². The van der Waals surface area contributed by atoms with Gasteiger partial charge in [0.15, 0.2) is 5.16 Å². The Kier molecular flexibility index (Phi) is 5.89. The van der Waals surface area contributed by atoms with Crippen molar-refractivity contribution in [1.82, 2.24) is 9.55 Å². The fraction of sp³-hybridized carbons (Fsp3) is 0.318. The summed E-state index contributed by atoms with van der Waals surface area (Å²) in [6.45, 7) is 6.39. The van der Waals surface area contributed by atoms with Gasteiger partial charge in [0.2, 0.25) is 0 Å². The molecular weight excluding hydrogens is 372 g/mol. The molecule has 0 aliphatic heterocycles. The predicted molar refractivity (Wildman–Crippen MR) is 113 cm³/mol. The molecule has 28 heavy (non-hydrogen) atoms. The average molecular weight is 397 g/mol. The number of carbonyl (C=O) groups excluding carboxylic acids is 1. The summed E-state index contributed by atoms with van der Waals surface area (Å²) in [7, 11) is 1.31. The van der Waals surface area contributed by atoms with E-state index in [2.05, 4.69) is 50.0 Å². The third-order valence-electron chi connectivity index (χ3n) is 4.53. The van der Waals surface area contributed by atoms with E-state index in [9.17, 15) is 9.59 Å². The quantitative estimate of drug-likeness (QED) is 0.368. The lowest BCUT2D eigenvalue weighted by molar-refractivity contribution is -0.141. The highest BCUT2D eigenvalue weighted by Gasteiger charge is 2.16. The van der Waals surface area contributed by atoms with Gasteiger partial charge in [0.1, 0.15) is 6.54 Å². The number of hydrogen-bond acceptors (Lipinski definition) is 5. The molecule has 5 nitrogen and oxygen atoms in total. The molecule has 1 aromatic heterocycles. The lowest BCUT2D eigenvalue weighted by Crippen LogP contribution is -2.27. The van der Waals surface area contributed by atoms with E-state index in [4.69, 9.17) is 4.74 Å². The molecule has 0 bridgehead atoms. The molecule has 0 saturated heterocycles. The van der Waals surface area contributed by atoms with Gasteiger partial charge in [0.25, 0.3) is 5.56 Å². The fourth-order valence-electron chi connectivity index (χ4n) is 2.84. The third-order valence-corrected chi connectivity index (χ3v) is 5.58. The van der Waals surface area contributed by atoms with Crippen LogP contribution in [0.5, 0.6) is 0 Å². The van der Waals surface area contributed by atoms with Crippen LogP contribution in [0.15, 0.2) is 58.5 Å². The minimum atomic E-state index is -0.476. The maximum atomic E-state index is 12.9. The molecule has 146 valence electrons. The molecule has 0 radical (unpaired) electrons. The van der Waals surface area contributed by atoms with Crippen LogP contribution in [0.3, 0.4) is 0 Å². The first kappa shape index (κ1) is 20.1. The lowest BCUT2D eigenvalue weighted by Gasteiger charge is -2.19. The Labute approximate surface area is 168 Å². The van der Waals surface area contributed by atoms with Crippen LogP contribution in [0, 0.1) is 0 Å². The molecule has 0 amide bonds. The Bertz CT molecular complexity index is 1050. The zero-order valence-corrected chi connectivity index (χ0v) is 17.4. The van der Waals surface area contributed by atoms with Crippen molar-refractivity contribution in [3.8, 4) is 0 Å². The van der Waals surface area contributed by atoms with Gasteiger partial charge in [-0.1, -0.05) is 68.9 Å². The molecule has 1 heterocycles. The number of aromatic nitrogens is 2. The largest absolute Gasteiger partial charge is 0.468 e. The van der Waals surface area contributed by atoms with Crippen molar-refractivity contribution < 1.29 is 9.53 Å². The first-order valence-corrected chi connectivity index (χ1v) is 10.1. The van der Waals surface area contributed by atoms with Gasteiger partial charge >= 0.3 is 5.97 Å². The minimum absolute atomic E-state index is 0.104. The summed E-state index contributed by atoms with van der Waals surface area (Å²) in [5, 5.41) is 0.999. The summed E-state index contributed by atoms with van der Waals surface area (Å²) < 4.78 is 6.14. The number of nitrogens with zero attached hydrogens (tertiary/aromatic N) is 2. The van der Waals surface area contributed by atoms with Crippen molar-refractivity contribution in [3.63, 3.8) is 0 Å². The van der Waals surface area contributed by atoms with E-state index < -0.39 is 5.97 Å². The maximum Gasteiger partial charge on any atom is 0.325 e. The van der Waals surface area contributed by atoms with Crippen molar-refractivity contribution in [3.05, 3.63) is 70.0 Å². The zero-order chi connectivity index (χ0) is 20.3. The number of ether oxygens (including phenoxy) is 1. The summed E-state index contributed by atoms with van der Waals surface area (Å²) in [5.41, 5.74) is 2.89. The molecule has 3 rings (SSSR count). The van der Waals surface area contributed by atoms with E-state index in [0.29, 0.717) is 21.8 Å². The highest BCUT2D eigenvalue weighted by Crippen LogP contribution is 2.26. The Balaban J connectivity index is 1.92. The molecule has 3 aromatic rings. The minimum Gasteiger partial charge on any atom is -0.468 e. The maximum absolute atomic E-state index is 12.9. The van der Waals surface area contributed by atoms with E-state index in [1.165, 1.54) is 29.0 Å².